The number of aliphatic carboxylic acids is 1. The van der Waals surface area contributed by atoms with Crippen LogP contribution in [0.4, 0.5) is 4.79 Å². The van der Waals surface area contributed by atoms with Crippen molar-refractivity contribution in [3.8, 4) is 0 Å². The van der Waals surface area contributed by atoms with Gasteiger partial charge in [0.15, 0.2) is 0 Å². The number of nitrogens with zero attached hydrogens (tertiary/aromatic N) is 1. The van der Waals surface area contributed by atoms with Crippen molar-refractivity contribution in [2.75, 3.05) is 19.7 Å². The van der Waals surface area contributed by atoms with Gasteiger partial charge in [0.05, 0.1) is 0 Å². The molecule has 0 saturated carbocycles. The van der Waals surface area contributed by atoms with E-state index in [0.717, 1.165) is 0 Å². The molecule has 0 aromatic heterocycles. The maximum atomic E-state index is 11.8. The quantitative estimate of drug-likeness (QED) is 0.610. The zero-order valence-electron chi connectivity index (χ0n) is 10.6. The van der Waals surface area contributed by atoms with Crippen LogP contribution in [-0.4, -0.2) is 52.9 Å². The first-order valence-corrected chi connectivity index (χ1v) is 5.83. The van der Waals surface area contributed by atoms with Crippen molar-refractivity contribution in [2.45, 2.75) is 33.2 Å². The molecule has 0 fully saturated rings. The molecule has 0 saturated heterocycles. The van der Waals surface area contributed by atoms with Gasteiger partial charge < -0.3 is 20.4 Å². The Morgan fingerprint density at radius 2 is 1.94 bits per heavy atom. The lowest BCUT2D eigenvalue weighted by Crippen LogP contribution is -2.50. The molecule has 1 atom stereocenters. The Labute approximate surface area is 102 Å². The molecule has 0 aromatic carbocycles. The van der Waals surface area contributed by atoms with E-state index in [2.05, 4.69) is 5.32 Å². The van der Waals surface area contributed by atoms with Crippen molar-refractivity contribution in [2.24, 2.45) is 5.92 Å². The summed E-state index contributed by atoms with van der Waals surface area (Å²) in [5, 5.41) is 20.1. The molecule has 0 unspecified atom stereocenters. The Bertz CT molecular complexity index is 256. The van der Waals surface area contributed by atoms with Gasteiger partial charge in [0.2, 0.25) is 0 Å². The summed E-state index contributed by atoms with van der Waals surface area (Å²) in [5.41, 5.74) is 0. The molecular formula is C11H22N2O4. The molecule has 3 N–H and O–H groups in total. The fraction of sp³-hybridized carbons (Fsp3) is 0.818. The Balaban J connectivity index is 4.41. The number of carboxylic acids is 1. The Kier molecular flexibility index (Phi) is 7.29. The van der Waals surface area contributed by atoms with Crippen molar-refractivity contribution in [1.82, 2.24) is 10.2 Å². The lowest BCUT2D eigenvalue weighted by atomic mass is 10.1. The zero-order valence-corrected chi connectivity index (χ0v) is 10.6. The highest BCUT2D eigenvalue weighted by molar-refractivity contribution is 5.82. The summed E-state index contributed by atoms with van der Waals surface area (Å²) in [5.74, 6) is -1.21. The second kappa shape index (κ2) is 7.89. The van der Waals surface area contributed by atoms with Crippen LogP contribution in [0.1, 0.15) is 27.2 Å². The molecule has 0 heterocycles. The number of carbonyl (C=O) groups excluding carboxylic acids is 1. The lowest BCUT2D eigenvalue weighted by Gasteiger charge is -2.25. The van der Waals surface area contributed by atoms with Gasteiger partial charge in [-0.15, -0.1) is 0 Å². The van der Waals surface area contributed by atoms with E-state index >= 15 is 0 Å². The molecule has 100 valence electrons. The van der Waals surface area contributed by atoms with Gasteiger partial charge in [0.25, 0.3) is 0 Å². The van der Waals surface area contributed by atoms with Crippen LogP contribution in [0.15, 0.2) is 0 Å². The van der Waals surface area contributed by atoms with Gasteiger partial charge in [0, 0.05) is 19.7 Å². The average Bonchev–Trinajstić information content (AvgIpc) is 2.26. The number of aliphatic hydroxyl groups is 1. The molecule has 2 amide bonds. The average molecular weight is 246 g/mol. The summed E-state index contributed by atoms with van der Waals surface area (Å²) in [4.78, 5) is 24.2. The maximum absolute atomic E-state index is 11.8. The molecule has 0 bridgehead atoms. The van der Waals surface area contributed by atoms with Crippen molar-refractivity contribution >= 4 is 12.0 Å². The number of urea groups is 1. The number of carbonyl (C=O) groups is 2. The highest BCUT2D eigenvalue weighted by Gasteiger charge is 2.25. The predicted octanol–water partition coefficient (Wildman–Crippen LogP) is 0.509. The number of hydrogen-bond acceptors (Lipinski definition) is 3. The molecule has 0 spiro atoms. The Morgan fingerprint density at radius 3 is 2.29 bits per heavy atom. The number of aliphatic hydroxyl groups excluding tert-OH is 1. The van der Waals surface area contributed by atoms with Crippen LogP contribution in [0.5, 0.6) is 0 Å². The summed E-state index contributed by atoms with van der Waals surface area (Å²) in [6.07, 6.45) is 0.487. The standard InChI is InChI=1S/C11H22N2O4/c1-4-13(6-5-7-14)11(17)12-9(8(2)3)10(15)16/h8-9,14H,4-7H2,1-3H3,(H,12,17)(H,15,16)/t9-/m1/s1. The second-order valence-corrected chi connectivity index (χ2v) is 4.17. The SMILES string of the molecule is CCN(CCCO)C(=O)N[C@@H](C(=O)O)C(C)C. The summed E-state index contributed by atoms with van der Waals surface area (Å²) < 4.78 is 0. The molecular weight excluding hydrogens is 224 g/mol. The van der Waals surface area contributed by atoms with E-state index in [-0.39, 0.29) is 12.5 Å². The molecule has 6 heteroatoms. The summed E-state index contributed by atoms with van der Waals surface area (Å²) >= 11 is 0. The number of amides is 2. The van der Waals surface area contributed by atoms with Gasteiger partial charge in [-0.2, -0.15) is 0 Å². The summed E-state index contributed by atoms with van der Waals surface area (Å²) in [7, 11) is 0. The van der Waals surface area contributed by atoms with E-state index in [1.54, 1.807) is 13.8 Å². The first kappa shape index (κ1) is 15.7. The molecule has 0 aliphatic heterocycles. The summed E-state index contributed by atoms with van der Waals surface area (Å²) in [6, 6.07) is -1.28. The lowest BCUT2D eigenvalue weighted by molar-refractivity contribution is -0.140. The monoisotopic (exact) mass is 246 g/mol. The molecule has 0 rings (SSSR count). The van der Waals surface area contributed by atoms with Gasteiger partial charge in [0.1, 0.15) is 6.04 Å². The van der Waals surface area contributed by atoms with Gasteiger partial charge in [-0.3, -0.25) is 0 Å². The van der Waals surface area contributed by atoms with E-state index in [0.29, 0.717) is 19.5 Å². The largest absolute Gasteiger partial charge is 0.480 e. The van der Waals surface area contributed by atoms with Crippen LogP contribution in [0.3, 0.4) is 0 Å². The van der Waals surface area contributed by atoms with Crippen molar-refractivity contribution in [3.05, 3.63) is 0 Å². The molecule has 0 radical (unpaired) electrons. The minimum Gasteiger partial charge on any atom is -0.480 e. The van der Waals surface area contributed by atoms with E-state index in [4.69, 9.17) is 10.2 Å². The molecule has 0 aliphatic rings. The number of carboxylic acid groups (broad SMARTS) is 1. The normalized spacial score (nSPS) is 12.3. The van der Waals surface area contributed by atoms with E-state index in [1.165, 1.54) is 4.90 Å². The van der Waals surface area contributed by atoms with Crippen molar-refractivity contribution in [1.29, 1.82) is 0 Å². The second-order valence-electron chi connectivity index (χ2n) is 4.17. The first-order valence-electron chi connectivity index (χ1n) is 5.83. The van der Waals surface area contributed by atoms with Crippen LogP contribution in [0, 0.1) is 5.92 Å². The van der Waals surface area contributed by atoms with Crippen LogP contribution < -0.4 is 5.32 Å². The van der Waals surface area contributed by atoms with Gasteiger partial charge in [-0.25, -0.2) is 9.59 Å². The third kappa shape index (κ3) is 5.53. The van der Waals surface area contributed by atoms with Crippen molar-refractivity contribution < 1.29 is 19.8 Å². The highest BCUT2D eigenvalue weighted by Crippen LogP contribution is 2.03. The number of hydrogen-bond donors (Lipinski definition) is 3. The number of rotatable bonds is 7. The minimum atomic E-state index is -1.04. The van der Waals surface area contributed by atoms with Crippen LogP contribution >= 0.6 is 0 Å². The third-order valence-corrected chi connectivity index (χ3v) is 2.47. The van der Waals surface area contributed by atoms with E-state index in [1.807, 2.05) is 6.92 Å². The first-order chi connectivity index (χ1) is 7.93. The predicted molar refractivity (Wildman–Crippen MR) is 63.7 cm³/mol. The molecule has 0 aliphatic carbocycles. The van der Waals surface area contributed by atoms with Crippen molar-refractivity contribution in [3.63, 3.8) is 0 Å². The van der Waals surface area contributed by atoms with Gasteiger partial charge >= 0.3 is 12.0 Å². The maximum Gasteiger partial charge on any atom is 0.326 e. The molecule has 17 heavy (non-hydrogen) atoms. The van der Waals surface area contributed by atoms with Crippen LogP contribution in [-0.2, 0) is 4.79 Å². The minimum absolute atomic E-state index is 0.0102. The highest BCUT2D eigenvalue weighted by atomic mass is 16.4. The smallest absolute Gasteiger partial charge is 0.326 e. The zero-order chi connectivity index (χ0) is 13.4. The Hall–Kier alpha value is -1.30. The topological polar surface area (TPSA) is 89.9 Å². The fourth-order valence-corrected chi connectivity index (χ4v) is 1.40. The van der Waals surface area contributed by atoms with Crippen LogP contribution in [0.25, 0.3) is 0 Å². The number of nitrogens with one attached hydrogen (secondary N) is 1. The van der Waals surface area contributed by atoms with E-state index in [9.17, 15) is 9.59 Å². The molecule has 0 aromatic rings. The van der Waals surface area contributed by atoms with Gasteiger partial charge in [-0.05, 0) is 19.3 Å². The summed E-state index contributed by atoms with van der Waals surface area (Å²) in [6.45, 7) is 6.20. The van der Waals surface area contributed by atoms with Crippen LogP contribution in [0.2, 0.25) is 0 Å². The van der Waals surface area contributed by atoms with E-state index < -0.39 is 18.0 Å². The fourth-order valence-electron chi connectivity index (χ4n) is 1.40. The Morgan fingerprint density at radius 1 is 1.35 bits per heavy atom. The third-order valence-electron chi connectivity index (χ3n) is 2.47. The molecule has 6 nitrogen and oxygen atoms in total. The van der Waals surface area contributed by atoms with Gasteiger partial charge in [-0.1, -0.05) is 13.8 Å².